The van der Waals surface area contributed by atoms with Gasteiger partial charge in [0.1, 0.15) is 5.76 Å². The van der Waals surface area contributed by atoms with Crippen molar-refractivity contribution in [2.45, 2.75) is 13.0 Å². The first-order valence-electron chi connectivity index (χ1n) is 8.20. The van der Waals surface area contributed by atoms with Gasteiger partial charge in [-0.05, 0) is 30.7 Å². The van der Waals surface area contributed by atoms with Crippen molar-refractivity contribution in [3.8, 4) is 0 Å². The van der Waals surface area contributed by atoms with Gasteiger partial charge in [-0.1, -0.05) is 18.2 Å². The maximum Gasteiger partial charge on any atom is 0.319 e. The SMILES string of the molecule is Cc1ccccc1NC(=O)NCC(c1ccco1)N1CCSCC1. The van der Waals surface area contributed by atoms with Crippen molar-refractivity contribution in [3.63, 3.8) is 0 Å². The summed E-state index contributed by atoms with van der Waals surface area (Å²) in [7, 11) is 0. The number of anilines is 1. The van der Waals surface area contributed by atoms with E-state index in [9.17, 15) is 4.79 Å². The molecule has 1 aliphatic heterocycles. The van der Waals surface area contributed by atoms with E-state index < -0.39 is 0 Å². The molecule has 1 unspecified atom stereocenters. The minimum atomic E-state index is -0.188. The van der Waals surface area contributed by atoms with Crippen molar-refractivity contribution in [2.75, 3.05) is 36.5 Å². The van der Waals surface area contributed by atoms with E-state index in [0.29, 0.717) is 6.54 Å². The Morgan fingerprint density at radius 1 is 1.25 bits per heavy atom. The highest BCUT2D eigenvalue weighted by molar-refractivity contribution is 7.99. The van der Waals surface area contributed by atoms with Crippen LogP contribution in [-0.4, -0.2) is 42.1 Å². The molecule has 1 aromatic heterocycles. The van der Waals surface area contributed by atoms with Crippen LogP contribution in [0.2, 0.25) is 0 Å². The molecule has 0 bridgehead atoms. The molecule has 24 heavy (non-hydrogen) atoms. The zero-order valence-electron chi connectivity index (χ0n) is 13.8. The Labute approximate surface area is 146 Å². The minimum absolute atomic E-state index is 0.0727. The molecule has 2 aromatic rings. The Morgan fingerprint density at radius 2 is 2.04 bits per heavy atom. The summed E-state index contributed by atoms with van der Waals surface area (Å²) in [4.78, 5) is 14.6. The molecule has 1 fully saturated rings. The molecule has 2 amide bonds. The average Bonchev–Trinajstić information content (AvgIpc) is 3.12. The molecule has 1 atom stereocenters. The third-order valence-corrected chi connectivity index (χ3v) is 5.15. The van der Waals surface area contributed by atoms with Crippen LogP contribution < -0.4 is 10.6 Å². The maximum atomic E-state index is 12.2. The molecular formula is C18H23N3O2S. The monoisotopic (exact) mass is 345 g/mol. The number of hydrogen-bond acceptors (Lipinski definition) is 4. The topological polar surface area (TPSA) is 57.5 Å². The van der Waals surface area contributed by atoms with E-state index in [0.717, 1.165) is 41.6 Å². The van der Waals surface area contributed by atoms with Crippen LogP contribution in [0.25, 0.3) is 0 Å². The van der Waals surface area contributed by atoms with Gasteiger partial charge in [0, 0.05) is 36.8 Å². The van der Waals surface area contributed by atoms with Crippen molar-refractivity contribution < 1.29 is 9.21 Å². The van der Waals surface area contributed by atoms with Gasteiger partial charge in [-0.3, -0.25) is 4.90 Å². The van der Waals surface area contributed by atoms with Gasteiger partial charge in [-0.15, -0.1) is 0 Å². The molecule has 0 spiro atoms. The Morgan fingerprint density at radius 3 is 2.75 bits per heavy atom. The fourth-order valence-electron chi connectivity index (χ4n) is 2.85. The van der Waals surface area contributed by atoms with Crippen molar-refractivity contribution >= 4 is 23.5 Å². The highest BCUT2D eigenvalue weighted by atomic mass is 32.2. The molecule has 5 nitrogen and oxygen atoms in total. The van der Waals surface area contributed by atoms with E-state index in [2.05, 4.69) is 15.5 Å². The summed E-state index contributed by atoms with van der Waals surface area (Å²) < 4.78 is 5.60. The molecule has 128 valence electrons. The largest absolute Gasteiger partial charge is 0.468 e. The summed E-state index contributed by atoms with van der Waals surface area (Å²) in [5.74, 6) is 3.14. The van der Waals surface area contributed by atoms with Crippen LogP contribution in [0.4, 0.5) is 10.5 Å². The second-order valence-corrected chi connectivity index (χ2v) is 7.05. The third kappa shape index (κ3) is 4.33. The molecule has 1 saturated heterocycles. The van der Waals surface area contributed by atoms with Crippen molar-refractivity contribution in [3.05, 3.63) is 54.0 Å². The Bertz CT molecular complexity index is 654. The van der Waals surface area contributed by atoms with E-state index in [1.807, 2.05) is 55.1 Å². The number of carbonyl (C=O) groups is 1. The van der Waals surface area contributed by atoms with Gasteiger partial charge in [-0.25, -0.2) is 4.79 Å². The van der Waals surface area contributed by atoms with Crippen LogP contribution in [0.5, 0.6) is 0 Å². The molecule has 0 saturated carbocycles. The van der Waals surface area contributed by atoms with E-state index >= 15 is 0 Å². The predicted molar refractivity (Wildman–Crippen MR) is 98.5 cm³/mol. The molecule has 3 rings (SSSR count). The number of nitrogens with one attached hydrogen (secondary N) is 2. The lowest BCUT2D eigenvalue weighted by Gasteiger charge is -2.33. The summed E-state index contributed by atoms with van der Waals surface area (Å²) in [5.41, 5.74) is 1.88. The Hall–Kier alpha value is -1.92. The van der Waals surface area contributed by atoms with Gasteiger partial charge in [0.2, 0.25) is 0 Å². The number of amides is 2. The first kappa shape index (κ1) is 16.9. The summed E-state index contributed by atoms with van der Waals surface area (Å²) in [6.45, 7) is 4.52. The number of nitrogens with zero attached hydrogens (tertiary/aromatic N) is 1. The highest BCUT2D eigenvalue weighted by Crippen LogP contribution is 2.24. The first-order chi connectivity index (χ1) is 11.7. The molecule has 2 heterocycles. The second-order valence-electron chi connectivity index (χ2n) is 5.83. The van der Waals surface area contributed by atoms with E-state index in [1.54, 1.807) is 6.26 Å². The van der Waals surface area contributed by atoms with Gasteiger partial charge in [0.05, 0.1) is 12.3 Å². The number of carbonyl (C=O) groups excluding carboxylic acids is 1. The third-order valence-electron chi connectivity index (χ3n) is 4.21. The smallest absolute Gasteiger partial charge is 0.319 e. The van der Waals surface area contributed by atoms with E-state index in [-0.39, 0.29) is 12.1 Å². The summed E-state index contributed by atoms with van der Waals surface area (Å²) in [5, 5.41) is 5.90. The van der Waals surface area contributed by atoms with Crippen molar-refractivity contribution in [1.29, 1.82) is 0 Å². The van der Waals surface area contributed by atoms with Crippen molar-refractivity contribution in [2.24, 2.45) is 0 Å². The van der Waals surface area contributed by atoms with Crippen LogP contribution in [0.1, 0.15) is 17.4 Å². The predicted octanol–water partition coefficient (Wildman–Crippen LogP) is 3.50. The number of para-hydroxylation sites is 1. The maximum absolute atomic E-state index is 12.2. The number of urea groups is 1. The molecule has 0 aliphatic carbocycles. The van der Waals surface area contributed by atoms with Crippen LogP contribution in [0.3, 0.4) is 0 Å². The number of rotatable bonds is 5. The zero-order chi connectivity index (χ0) is 16.8. The van der Waals surface area contributed by atoms with Crippen LogP contribution in [0, 0.1) is 6.92 Å². The van der Waals surface area contributed by atoms with Gasteiger partial charge in [0.15, 0.2) is 0 Å². The molecular weight excluding hydrogens is 322 g/mol. The van der Waals surface area contributed by atoms with Gasteiger partial charge in [0.25, 0.3) is 0 Å². The van der Waals surface area contributed by atoms with Crippen LogP contribution in [-0.2, 0) is 0 Å². The number of benzene rings is 1. The van der Waals surface area contributed by atoms with Gasteiger partial charge < -0.3 is 15.1 Å². The summed E-state index contributed by atoms with van der Waals surface area (Å²) in [6.07, 6.45) is 1.69. The molecule has 1 aromatic carbocycles. The standard InChI is InChI=1S/C18H23N3O2S/c1-14-5-2-3-6-15(14)20-18(22)19-13-16(17-7-4-10-23-17)21-8-11-24-12-9-21/h2-7,10,16H,8-9,11-13H2,1H3,(H2,19,20,22). The van der Waals surface area contributed by atoms with Crippen LogP contribution >= 0.6 is 11.8 Å². The summed E-state index contributed by atoms with van der Waals surface area (Å²) in [6, 6.07) is 11.5. The summed E-state index contributed by atoms with van der Waals surface area (Å²) >= 11 is 1.97. The first-order valence-corrected chi connectivity index (χ1v) is 9.35. The number of furan rings is 1. The fourth-order valence-corrected chi connectivity index (χ4v) is 3.78. The fraction of sp³-hybridized carbons (Fsp3) is 0.389. The lowest BCUT2D eigenvalue weighted by atomic mass is 10.2. The lowest BCUT2D eigenvalue weighted by Crippen LogP contribution is -2.42. The Balaban J connectivity index is 1.61. The number of thioether (sulfide) groups is 1. The van der Waals surface area contributed by atoms with E-state index in [4.69, 9.17) is 4.42 Å². The normalized spacial score (nSPS) is 16.5. The molecule has 2 N–H and O–H groups in total. The zero-order valence-corrected chi connectivity index (χ0v) is 14.6. The van der Waals surface area contributed by atoms with Gasteiger partial charge >= 0.3 is 6.03 Å². The Kier molecular flexibility index (Phi) is 5.82. The average molecular weight is 345 g/mol. The number of hydrogen-bond donors (Lipinski definition) is 2. The lowest BCUT2D eigenvalue weighted by molar-refractivity contribution is 0.187. The van der Waals surface area contributed by atoms with Gasteiger partial charge in [-0.2, -0.15) is 11.8 Å². The molecule has 6 heteroatoms. The minimum Gasteiger partial charge on any atom is -0.468 e. The quantitative estimate of drug-likeness (QED) is 0.871. The van der Waals surface area contributed by atoms with Crippen molar-refractivity contribution in [1.82, 2.24) is 10.2 Å². The molecule has 0 radical (unpaired) electrons. The van der Waals surface area contributed by atoms with E-state index in [1.165, 1.54) is 0 Å². The molecule has 1 aliphatic rings. The number of aryl methyl sites for hydroxylation is 1. The second kappa shape index (κ2) is 8.26. The highest BCUT2D eigenvalue weighted by Gasteiger charge is 2.25. The van der Waals surface area contributed by atoms with Crippen LogP contribution in [0.15, 0.2) is 47.1 Å².